The number of hydrogen-bond acceptors (Lipinski definition) is 7. The lowest BCUT2D eigenvalue weighted by molar-refractivity contribution is 0.102. The summed E-state index contributed by atoms with van der Waals surface area (Å²) in [5, 5.41) is 8.54. The summed E-state index contributed by atoms with van der Waals surface area (Å²) >= 11 is 3.32. The highest BCUT2D eigenvalue weighted by Crippen LogP contribution is 2.26. The van der Waals surface area contributed by atoms with Crippen LogP contribution in [0, 0.1) is 6.92 Å². The van der Waals surface area contributed by atoms with Gasteiger partial charge in [-0.05, 0) is 36.8 Å². The van der Waals surface area contributed by atoms with E-state index in [2.05, 4.69) is 25.0 Å². The van der Waals surface area contributed by atoms with Crippen LogP contribution in [-0.2, 0) is 5.75 Å². The summed E-state index contributed by atoms with van der Waals surface area (Å²) in [5.74, 6) is 0.263. The highest BCUT2D eigenvalue weighted by Gasteiger charge is 2.09. The maximum absolute atomic E-state index is 12.5. The van der Waals surface area contributed by atoms with E-state index in [0.29, 0.717) is 22.6 Å². The van der Waals surface area contributed by atoms with Crippen LogP contribution in [0.25, 0.3) is 11.4 Å². The number of aromatic amines is 1. The lowest BCUT2D eigenvalue weighted by Crippen LogP contribution is -2.11. The number of hydrogen-bond donors (Lipinski definition) is 2. The van der Waals surface area contributed by atoms with E-state index in [4.69, 9.17) is 0 Å². The number of rotatable bonds is 6. The van der Waals surface area contributed by atoms with E-state index >= 15 is 0 Å². The van der Waals surface area contributed by atoms with Gasteiger partial charge in [0, 0.05) is 33.6 Å². The second-order valence-electron chi connectivity index (χ2n) is 6.22. The van der Waals surface area contributed by atoms with Gasteiger partial charge in [-0.1, -0.05) is 41.2 Å². The Morgan fingerprint density at radius 1 is 1.24 bits per heavy atom. The van der Waals surface area contributed by atoms with Crippen LogP contribution in [0.4, 0.5) is 5.69 Å². The highest BCUT2D eigenvalue weighted by atomic mass is 32.2. The zero-order valence-electron chi connectivity index (χ0n) is 15.3. The molecule has 0 radical (unpaired) electrons. The molecule has 2 aromatic heterocycles. The Bertz CT molecular complexity index is 1190. The van der Waals surface area contributed by atoms with E-state index in [-0.39, 0.29) is 5.91 Å². The standard InChI is InChI=1S/C20H16N4O3S2/c1-12-10-28-20(21-12)29-11-13-5-7-14(8-6-13)18(25)22-16-4-2-3-15(9-16)17-23-19(26)27-24-17/h2-10H,11H2,1H3,(H,22,25)(H,23,24,26). The van der Waals surface area contributed by atoms with Crippen molar-refractivity contribution in [3.05, 3.63) is 81.3 Å². The number of anilines is 1. The minimum Gasteiger partial charge on any atom is -0.322 e. The number of carbonyl (C=O) groups excluding carboxylic acids is 1. The molecule has 0 aliphatic carbocycles. The van der Waals surface area contributed by atoms with Crippen LogP contribution < -0.4 is 11.1 Å². The highest BCUT2D eigenvalue weighted by molar-refractivity contribution is 8.00. The maximum Gasteiger partial charge on any atom is 0.439 e. The Balaban J connectivity index is 1.40. The van der Waals surface area contributed by atoms with Gasteiger partial charge in [-0.25, -0.2) is 9.78 Å². The summed E-state index contributed by atoms with van der Waals surface area (Å²) in [4.78, 5) is 30.6. The van der Waals surface area contributed by atoms with Crippen molar-refractivity contribution in [1.29, 1.82) is 0 Å². The zero-order chi connectivity index (χ0) is 20.2. The quantitative estimate of drug-likeness (QED) is 0.447. The maximum atomic E-state index is 12.5. The van der Waals surface area contributed by atoms with E-state index in [9.17, 15) is 9.59 Å². The van der Waals surface area contributed by atoms with Crippen LogP contribution in [0.3, 0.4) is 0 Å². The number of nitrogens with one attached hydrogen (secondary N) is 2. The van der Waals surface area contributed by atoms with Gasteiger partial charge in [-0.3, -0.25) is 14.3 Å². The fourth-order valence-corrected chi connectivity index (χ4v) is 4.40. The van der Waals surface area contributed by atoms with Crippen molar-refractivity contribution < 1.29 is 9.32 Å². The third-order valence-electron chi connectivity index (χ3n) is 4.01. The van der Waals surface area contributed by atoms with Crippen LogP contribution >= 0.6 is 23.1 Å². The van der Waals surface area contributed by atoms with Crippen molar-refractivity contribution in [3.63, 3.8) is 0 Å². The molecule has 0 atom stereocenters. The fourth-order valence-electron chi connectivity index (χ4n) is 2.60. The number of amides is 1. The van der Waals surface area contributed by atoms with Crippen LogP contribution in [-0.4, -0.2) is 21.0 Å². The molecule has 0 aliphatic rings. The van der Waals surface area contributed by atoms with Crippen LogP contribution in [0.5, 0.6) is 0 Å². The Morgan fingerprint density at radius 3 is 2.76 bits per heavy atom. The number of aryl methyl sites for hydroxylation is 1. The third kappa shape index (κ3) is 4.82. The van der Waals surface area contributed by atoms with Crippen molar-refractivity contribution in [3.8, 4) is 11.4 Å². The molecule has 2 aromatic carbocycles. The molecule has 29 heavy (non-hydrogen) atoms. The van der Waals surface area contributed by atoms with E-state index in [0.717, 1.165) is 21.3 Å². The Labute approximate surface area is 174 Å². The Kier molecular flexibility index (Phi) is 5.59. The molecule has 0 saturated carbocycles. The largest absolute Gasteiger partial charge is 0.439 e. The molecular formula is C20H16N4O3S2. The van der Waals surface area contributed by atoms with E-state index in [1.54, 1.807) is 59.5 Å². The van der Waals surface area contributed by atoms with Gasteiger partial charge >= 0.3 is 5.76 Å². The predicted molar refractivity (Wildman–Crippen MR) is 113 cm³/mol. The van der Waals surface area contributed by atoms with Gasteiger partial charge in [0.2, 0.25) is 0 Å². The smallest absolute Gasteiger partial charge is 0.322 e. The molecule has 2 N–H and O–H groups in total. The average Bonchev–Trinajstić information content (AvgIpc) is 3.35. The fraction of sp³-hybridized carbons (Fsp3) is 0.100. The third-order valence-corrected chi connectivity index (χ3v) is 6.22. The lowest BCUT2D eigenvalue weighted by Gasteiger charge is -2.07. The van der Waals surface area contributed by atoms with Crippen molar-refractivity contribution in [1.82, 2.24) is 15.1 Å². The molecule has 2 heterocycles. The van der Waals surface area contributed by atoms with Crippen LogP contribution in [0.15, 0.2) is 67.6 Å². The van der Waals surface area contributed by atoms with E-state index in [1.807, 2.05) is 24.4 Å². The molecule has 9 heteroatoms. The molecule has 0 aliphatic heterocycles. The molecule has 7 nitrogen and oxygen atoms in total. The van der Waals surface area contributed by atoms with Crippen molar-refractivity contribution in [2.75, 3.05) is 5.32 Å². The minimum atomic E-state index is -0.627. The van der Waals surface area contributed by atoms with Crippen molar-refractivity contribution >= 4 is 34.7 Å². The van der Waals surface area contributed by atoms with E-state index in [1.165, 1.54) is 0 Å². The number of benzene rings is 2. The molecule has 4 rings (SSSR count). The average molecular weight is 425 g/mol. The van der Waals surface area contributed by atoms with Gasteiger partial charge in [-0.15, -0.1) is 11.3 Å². The van der Waals surface area contributed by atoms with Gasteiger partial charge in [-0.2, -0.15) is 0 Å². The monoisotopic (exact) mass is 424 g/mol. The Morgan fingerprint density at radius 2 is 2.07 bits per heavy atom. The lowest BCUT2D eigenvalue weighted by atomic mass is 10.1. The van der Waals surface area contributed by atoms with E-state index < -0.39 is 5.76 Å². The van der Waals surface area contributed by atoms with Gasteiger partial charge in [0.25, 0.3) is 5.91 Å². The summed E-state index contributed by atoms with van der Waals surface area (Å²) in [6.45, 7) is 1.98. The summed E-state index contributed by atoms with van der Waals surface area (Å²) in [6, 6.07) is 14.5. The second-order valence-corrected chi connectivity index (χ2v) is 8.30. The zero-order valence-corrected chi connectivity index (χ0v) is 17.0. The molecule has 0 spiro atoms. The molecule has 0 fully saturated rings. The second kappa shape index (κ2) is 8.46. The normalized spacial score (nSPS) is 10.8. The summed E-state index contributed by atoms with van der Waals surface area (Å²) < 4.78 is 5.56. The first-order valence-corrected chi connectivity index (χ1v) is 10.5. The topological polar surface area (TPSA) is 101 Å². The summed E-state index contributed by atoms with van der Waals surface area (Å²) in [7, 11) is 0. The van der Waals surface area contributed by atoms with Gasteiger partial charge in [0.05, 0.1) is 0 Å². The van der Waals surface area contributed by atoms with Crippen LogP contribution in [0.2, 0.25) is 0 Å². The minimum absolute atomic E-state index is 0.217. The molecule has 0 saturated heterocycles. The molecular weight excluding hydrogens is 408 g/mol. The number of aromatic nitrogens is 3. The number of nitrogens with zero attached hydrogens (tertiary/aromatic N) is 2. The SMILES string of the molecule is Cc1csc(SCc2ccc(C(=O)Nc3cccc(-c4noc(=O)[nH]4)c3)cc2)n1. The van der Waals surface area contributed by atoms with Gasteiger partial charge in [0.1, 0.15) is 4.34 Å². The molecule has 4 aromatic rings. The summed E-state index contributed by atoms with van der Waals surface area (Å²) in [5.41, 5.74) is 3.94. The number of carbonyl (C=O) groups is 1. The van der Waals surface area contributed by atoms with Crippen molar-refractivity contribution in [2.24, 2.45) is 0 Å². The van der Waals surface area contributed by atoms with Gasteiger partial charge < -0.3 is 5.32 Å². The Hall–Kier alpha value is -3.17. The summed E-state index contributed by atoms with van der Waals surface area (Å²) in [6.07, 6.45) is 0. The van der Waals surface area contributed by atoms with Gasteiger partial charge in [0.15, 0.2) is 5.82 Å². The molecule has 1 amide bonds. The number of thioether (sulfide) groups is 1. The van der Waals surface area contributed by atoms with Crippen LogP contribution in [0.1, 0.15) is 21.6 Å². The molecule has 0 bridgehead atoms. The first kappa shape index (κ1) is 19.2. The van der Waals surface area contributed by atoms with Crippen molar-refractivity contribution in [2.45, 2.75) is 17.0 Å². The first-order valence-electron chi connectivity index (χ1n) is 8.68. The molecule has 146 valence electrons. The first-order chi connectivity index (χ1) is 14.1. The predicted octanol–water partition coefficient (Wildman–Crippen LogP) is 4.34. The number of thiazole rings is 1. The number of H-pyrrole nitrogens is 1. The molecule has 0 unspecified atom stereocenters.